The van der Waals surface area contributed by atoms with Crippen LogP contribution in [-0.4, -0.2) is 29.6 Å². The quantitative estimate of drug-likeness (QED) is 0.698. The van der Waals surface area contributed by atoms with E-state index in [0.717, 1.165) is 19.4 Å². The molecule has 0 aliphatic carbocycles. The van der Waals surface area contributed by atoms with Gasteiger partial charge in [-0.3, -0.25) is 10.1 Å². The van der Waals surface area contributed by atoms with E-state index in [-0.39, 0.29) is 12.2 Å². The summed E-state index contributed by atoms with van der Waals surface area (Å²) in [5.41, 5.74) is 0. The van der Waals surface area contributed by atoms with Crippen molar-refractivity contribution in [2.24, 2.45) is 11.8 Å². The lowest BCUT2D eigenvalue weighted by molar-refractivity contribution is -0.131. The molecule has 118 valence electrons. The van der Waals surface area contributed by atoms with Crippen molar-refractivity contribution in [2.45, 2.75) is 85.4 Å². The van der Waals surface area contributed by atoms with Gasteiger partial charge >= 0.3 is 0 Å². The molecule has 0 aromatic carbocycles. The predicted octanol–water partition coefficient (Wildman–Crippen LogP) is 3.79. The smallest absolute Gasteiger partial charge is 0.241 e. The van der Waals surface area contributed by atoms with E-state index >= 15 is 0 Å². The lowest BCUT2D eigenvalue weighted by Crippen LogP contribution is -2.40. The number of nitrogens with one attached hydrogen (secondary N) is 1. The van der Waals surface area contributed by atoms with Gasteiger partial charge in [-0.25, -0.2) is 0 Å². The first-order valence-corrected chi connectivity index (χ1v) is 8.61. The van der Waals surface area contributed by atoms with E-state index in [1.54, 1.807) is 0 Å². The van der Waals surface area contributed by atoms with Crippen molar-refractivity contribution in [3.05, 3.63) is 0 Å². The van der Waals surface area contributed by atoms with Gasteiger partial charge in [-0.15, -0.1) is 0 Å². The minimum absolute atomic E-state index is 0.0234. The number of amides is 1. The number of hydrogen-bond acceptors (Lipinski definition) is 2. The molecule has 3 unspecified atom stereocenters. The number of carbonyl (C=O) groups is 1. The van der Waals surface area contributed by atoms with Gasteiger partial charge in [0, 0.05) is 6.54 Å². The van der Waals surface area contributed by atoms with Gasteiger partial charge in [0.25, 0.3) is 0 Å². The summed E-state index contributed by atoms with van der Waals surface area (Å²) in [6, 6.07) is 0.0234. The number of hydrogen-bond donors (Lipinski definition) is 1. The maximum Gasteiger partial charge on any atom is 0.241 e. The van der Waals surface area contributed by atoms with Crippen molar-refractivity contribution in [1.82, 2.24) is 10.2 Å². The van der Waals surface area contributed by atoms with Crippen LogP contribution in [0.5, 0.6) is 0 Å². The molecule has 1 rings (SSSR count). The topological polar surface area (TPSA) is 32.3 Å². The van der Waals surface area contributed by atoms with E-state index in [0.29, 0.717) is 17.7 Å². The second-order valence-electron chi connectivity index (χ2n) is 6.60. The molecule has 0 aromatic rings. The summed E-state index contributed by atoms with van der Waals surface area (Å²) < 4.78 is 0. The maximum absolute atomic E-state index is 12.6. The highest BCUT2D eigenvalue weighted by molar-refractivity contribution is 5.84. The van der Waals surface area contributed by atoms with E-state index < -0.39 is 0 Å². The van der Waals surface area contributed by atoms with Crippen molar-refractivity contribution < 1.29 is 4.79 Å². The zero-order valence-corrected chi connectivity index (χ0v) is 14.1. The molecular weight excluding hydrogens is 248 g/mol. The SMILES string of the molecule is CCCCC(CC)CN1C(=O)C(C(C)C)NC1CCC. The van der Waals surface area contributed by atoms with Crippen molar-refractivity contribution in [3.63, 3.8) is 0 Å². The fraction of sp³-hybridized carbons (Fsp3) is 0.941. The lowest BCUT2D eigenvalue weighted by Gasteiger charge is -2.28. The van der Waals surface area contributed by atoms with Gasteiger partial charge < -0.3 is 4.90 Å². The second kappa shape index (κ2) is 8.66. The zero-order valence-electron chi connectivity index (χ0n) is 14.1. The van der Waals surface area contributed by atoms with Gasteiger partial charge in [-0.05, 0) is 24.7 Å². The Kier molecular flexibility index (Phi) is 7.57. The van der Waals surface area contributed by atoms with Gasteiger partial charge in [-0.2, -0.15) is 0 Å². The van der Waals surface area contributed by atoms with Crippen LogP contribution in [0.2, 0.25) is 0 Å². The minimum Gasteiger partial charge on any atom is -0.326 e. The first-order valence-electron chi connectivity index (χ1n) is 8.61. The molecule has 1 heterocycles. The molecule has 1 aliphatic heterocycles. The fourth-order valence-electron chi connectivity index (χ4n) is 3.10. The van der Waals surface area contributed by atoms with E-state index in [4.69, 9.17) is 0 Å². The lowest BCUT2D eigenvalue weighted by atomic mass is 9.98. The molecular formula is C17H34N2O. The molecule has 3 nitrogen and oxygen atoms in total. The van der Waals surface area contributed by atoms with Crippen LogP contribution in [0.15, 0.2) is 0 Å². The highest BCUT2D eigenvalue weighted by Gasteiger charge is 2.40. The van der Waals surface area contributed by atoms with Crippen LogP contribution in [0.25, 0.3) is 0 Å². The molecule has 3 heteroatoms. The second-order valence-corrected chi connectivity index (χ2v) is 6.60. The molecule has 1 amide bonds. The Morgan fingerprint density at radius 2 is 1.90 bits per heavy atom. The standard InChI is InChI=1S/C17H34N2O/c1-6-9-11-14(8-3)12-19-15(10-7-2)18-16(13(4)5)17(19)20/h13-16,18H,6-12H2,1-5H3. The van der Waals surface area contributed by atoms with Crippen LogP contribution in [0, 0.1) is 11.8 Å². The van der Waals surface area contributed by atoms with Crippen LogP contribution >= 0.6 is 0 Å². The summed E-state index contributed by atoms with van der Waals surface area (Å²) in [6.07, 6.45) is 7.40. The van der Waals surface area contributed by atoms with Crippen LogP contribution in [0.4, 0.5) is 0 Å². The summed E-state index contributed by atoms with van der Waals surface area (Å²) in [7, 11) is 0. The zero-order chi connectivity index (χ0) is 15.1. The third-order valence-electron chi connectivity index (χ3n) is 4.52. The molecule has 1 fully saturated rings. The summed E-state index contributed by atoms with van der Waals surface area (Å²) in [6.45, 7) is 11.9. The number of nitrogens with zero attached hydrogens (tertiary/aromatic N) is 1. The van der Waals surface area contributed by atoms with Crippen LogP contribution in [0.3, 0.4) is 0 Å². The Labute approximate surface area is 125 Å². The van der Waals surface area contributed by atoms with Crippen molar-refractivity contribution in [1.29, 1.82) is 0 Å². The molecule has 0 spiro atoms. The summed E-state index contributed by atoms with van der Waals surface area (Å²) in [4.78, 5) is 14.8. The van der Waals surface area contributed by atoms with Crippen LogP contribution in [0.1, 0.15) is 73.1 Å². The highest BCUT2D eigenvalue weighted by Crippen LogP contribution is 2.23. The third-order valence-corrected chi connectivity index (χ3v) is 4.52. The molecule has 0 aromatic heterocycles. The van der Waals surface area contributed by atoms with E-state index in [1.807, 2.05) is 0 Å². The van der Waals surface area contributed by atoms with Gasteiger partial charge in [0.05, 0.1) is 12.2 Å². The van der Waals surface area contributed by atoms with Gasteiger partial charge in [0.1, 0.15) is 0 Å². The van der Waals surface area contributed by atoms with E-state index in [2.05, 4.69) is 44.8 Å². The molecule has 20 heavy (non-hydrogen) atoms. The summed E-state index contributed by atoms with van der Waals surface area (Å²) >= 11 is 0. The largest absolute Gasteiger partial charge is 0.326 e. The number of carbonyl (C=O) groups excluding carboxylic acids is 1. The van der Waals surface area contributed by atoms with Crippen molar-refractivity contribution in [2.75, 3.05) is 6.54 Å². The normalized spacial score (nSPS) is 24.7. The molecule has 0 saturated carbocycles. The van der Waals surface area contributed by atoms with E-state index in [1.165, 1.54) is 25.7 Å². The summed E-state index contributed by atoms with van der Waals surface area (Å²) in [5.74, 6) is 1.36. The average molecular weight is 282 g/mol. The van der Waals surface area contributed by atoms with Gasteiger partial charge in [0.15, 0.2) is 0 Å². The van der Waals surface area contributed by atoms with Crippen LogP contribution < -0.4 is 5.32 Å². The summed E-state index contributed by atoms with van der Waals surface area (Å²) in [5, 5.41) is 3.55. The van der Waals surface area contributed by atoms with Crippen molar-refractivity contribution >= 4 is 5.91 Å². The first-order chi connectivity index (χ1) is 9.54. The fourth-order valence-corrected chi connectivity index (χ4v) is 3.10. The van der Waals surface area contributed by atoms with Gasteiger partial charge in [0.2, 0.25) is 5.91 Å². The molecule has 3 atom stereocenters. The molecule has 1 N–H and O–H groups in total. The molecule has 0 radical (unpaired) electrons. The first kappa shape index (κ1) is 17.5. The third kappa shape index (κ3) is 4.47. The minimum atomic E-state index is 0.0234. The van der Waals surface area contributed by atoms with Crippen molar-refractivity contribution in [3.8, 4) is 0 Å². The molecule has 1 saturated heterocycles. The Hall–Kier alpha value is -0.570. The Balaban J connectivity index is 2.69. The highest BCUT2D eigenvalue weighted by atomic mass is 16.2. The Morgan fingerprint density at radius 1 is 1.20 bits per heavy atom. The van der Waals surface area contributed by atoms with Gasteiger partial charge in [-0.1, -0.05) is 60.3 Å². The van der Waals surface area contributed by atoms with Crippen LogP contribution in [-0.2, 0) is 4.79 Å². The number of unbranched alkanes of at least 4 members (excludes halogenated alkanes) is 1. The Morgan fingerprint density at radius 3 is 2.40 bits per heavy atom. The average Bonchev–Trinajstić information content (AvgIpc) is 2.72. The monoisotopic (exact) mass is 282 g/mol. The Bertz CT molecular complexity index is 291. The number of rotatable bonds is 9. The molecule has 1 aliphatic rings. The maximum atomic E-state index is 12.6. The molecule has 0 bridgehead atoms. The predicted molar refractivity (Wildman–Crippen MR) is 85.5 cm³/mol. The van der Waals surface area contributed by atoms with E-state index in [9.17, 15) is 4.79 Å².